The van der Waals surface area contributed by atoms with E-state index in [0.29, 0.717) is 10.9 Å². The molecule has 0 saturated carbocycles. The van der Waals surface area contributed by atoms with Gasteiger partial charge in [-0.1, -0.05) is 0 Å². The fourth-order valence-electron chi connectivity index (χ4n) is 1.59. The SMILES string of the molecule is NC(=O)Nc1sc(-c2cc(F)cc(F)c2)cc1C(=O)O. The maximum Gasteiger partial charge on any atom is 0.338 e. The summed E-state index contributed by atoms with van der Waals surface area (Å²) in [6.07, 6.45) is 0. The third-order valence-corrected chi connectivity index (χ3v) is 3.45. The number of hydrogen-bond acceptors (Lipinski definition) is 3. The van der Waals surface area contributed by atoms with Crippen LogP contribution in [0.2, 0.25) is 0 Å². The number of primary amides is 1. The van der Waals surface area contributed by atoms with Crippen LogP contribution in [0.25, 0.3) is 10.4 Å². The topological polar surface area (TPSA) is 92.4 Å². The van der Waals surface area contributed by atoms with Gasteiger partial charge in [0.15, 0.2) is 0 Å². The summed E-state index contributed by atoms with van der Waals surface area (Å²) in [5.41, 5.74) is 4.91. The second-order valence-corrected chi connectivity index (χ2v) is 4.86. The van der Waals surface area contributed by atoms with E-state index in [9.17, 15) is 18.4 Å². The van der Waals surface area contributed by atoms with Gasteiger partial charge in [0.05, 0.1) is 5.56 Å². The summed E-state index contributed by atoms with van der Waals surface area (Å²) >= 11 is 0.861. The van der Waals surface area contributed by atoms with Crippen molar-refractivity contribution in [1.29, 1.82) is 0 Å². The van der Waals surface area contributed by atoms with Crippen LogP contribution in [-0.2, 0) is 0 Å². The lowest BCUT2D eigenvalue weighted by molar-refractivity contribution is 0.0698. The number of carboxylic acids is 1. The highest BCUT2D eigenvalue weighted by Crippen LogP contribution is 2.36. The summed E-state index contributed by atoms with van der Waals surface area (Å²) in [5, 5.41) is 11.2. The van der Waals surface area contributed by atoms with Gasteiger partial charge < -0.3 is 10.8 Å². The van der Waals surface area contributed by atoms with Gasteiger partial charge in [0.1, 0.15) is 16.6 Å². The Bertz CT molecular complexity index is 680. The van der Waals surface area contributed by atoms with Crippen molar-refractivity contribution in [2.75, 3.05) is 5.32 Å². The second-order valence-electron chi connectivity index (χ2n) is 3.81. The van der Waals surface area contributed by atoms with Crippen LogP contribution in [0.3, 0.4) is 0 Å². The Kier molecular flexibility index (Phi) is 3.66. The van der Waals surface area contributed by atoms with Crippen molar-refractivity contribution in [3.05, 3.63) is 41.5 Å². The quantitative estimate of drug-likeness (QED) is 0.813. The Balaban J connectivity index is 2.52. The number of benzene rings is 1. The number of amides is 2. The lowest BCUT2D eigenvalue weighted by Gasteiger charge is -1.99. The van der Waals surface area contributed by atoms with E-state index in [2.05, 4.69) is 5.32 Å². The van der Waals surface area contributed by atoms with Crippen molar-refractivity contribution in [2.24, 2.45) is 5.73 Å². The molecular formula is C12H8F2N2O3S. The first kappa shape index (κ1) is 13.9. The lowest BCUT2D eigenvalue weighted by atomic mass is 10.1. The molecule has 0 saturated heterocycles. The van der Waals surface area contributed by atoms with E-state index in [-0.39, 0.29) is 16.1 Å². The highest BCUT2D eigenvalue weighted by molar-refractivity contribution is 7.20. The predicted octanol–water partition coefficient (Wildman–Crippen LogP) is 2.88. The lowest BCUT2D eigenvalue weighted by Crippen LogP contribution is -2.19. The number of thiophene rings is 1. The molecule has 0 atom stereocenters. The minimum Gasteiger partial charge on any atom is -0.478 e. The molecule has 5 nitrogen and oxygen atoms in total. The molecule has 20 heavy (non-hydrogen) atoms. The number of anilines is 1. The first-order valence-electron chi connectivity index (χ1n) is 5.27. The predicted molar refractivity (Wildman–Crippen MR) is 69.8 cm³/mol. The van der Waals surface area contributed by atoms with E-state index in [1.807, 2.05) is 0 Å². The van der Waals surface area contributed by atoms with Crippen LogP contribution >= 0.6 is 11.3 Å². The summed E-state index contributed by atoms with van der Waals surface area (Å²) < 4.78 is 26.3. The fourth-order valence-corrected chi connectivity index (χ4v) is 2.63. The summed E-state index contributed by atoms with van der Waals surface area (Å²) in [6.45, 7) is 0. The number of nitrogens with two attached hydrogens (primary N) is 1. The Morgan fingerprint density at radius 3 is 2.25 bits per heavy atom. The molecule has 2 aromatic rings. The maximum atomic E-state index is 13.1. The van der Waals surface area contributed by atoms with E-state index in [1.165, 1.54) is 6.07 Å². The van der Waals surface area contributed by atoms with E-state index in [1.54, 1.807) is 0 Å². The van der Waals surface area contributed by atoms with Crippen LogP contribution in [-0.4, -0.2) is 17.1 Å². The van der Waals surface area contributed by atoms with Gasteiger partial charge in [-0.3, -0.25) is 5.32 Å². The number of halogens is 2. The summed E-state index contributed by atoms with van der Waals surface area (Å²) in [4.78, 5) is 22.1. The summed E-state index contributed by atoms with van der Waals surface area (Å²) in [7, 11) is 0. The minimum atomic E-state index is -1.28. The van der Waals surface area contributed by atoms with Crippen LogP contribution in [0.4, 0.5) is 18.6 Å². The Labute approximate surface area is 115 Å². The number of rotatable bonds is 3. The average Bonchev–Trinajstić information content (AvgIpc) is 2.70. The van der Waals surface area contributed by atoms with Crippen LogP contribution in [0.1, 0.15) is 10.4 Å². The molecule has 0 aliphatic heterocycles. The first-order valence-corrected chi connectivity index (χ1v) is 6.08. The van der Waals surface area contributed by atoms with E-state index in [0.717, 1.165) is 23.5 Å². The maximum absolute atomic E-state index is 13.1. The smallest absolute Gasteiger partial charge is 0.338 e. The summed E-state index contributed by atoms with van der Waals surface area (Å²) in [5.74, 6) is -2.85. The number of nitrogens with one attached hydrogen (secondary N) is 1. The molecule has 1 heterocycles. The number of aromatic carboxylic acids is 1. The van der Waals surface area contributed by atoms with Crippen molar-refractivity contribution < 1.29 is 23.5 Å². The molecule has 0 spiro atoms. The van der Waals surface area contributed by atoms with Gasteiger partial charge in [0.25, 0.3) is 0 Å². The molecule has 0 fully saturated rings. The largest absolute Gasteiger partial charge is 0.478 e. The first-order chi connectivity index (χ1) is 9.36. The van der Waals surface area contributed by atoms with Crippen molar-refractivity contribution in [1.82, 2.24) is 0 Å². The Hall–Kier alpha value is -2.48. The number of carbonyl (C=O) groups is 2. The molecule has 0 aliphatic rings. The Morgan fingerprint density at radius 2 is 1.75 bits per heavy atom. The molecule has 0 aliphatic carbocycles. The van der Waals surface area contributed by atoms with Crippen LogP contribution in [0.15, 0.2) is 24.3 Å². The van der Waals surface area contributed by atoms with Gasteiger partial charge in [-0.2, -0.15) is 0 Å². The van der Waals surface area contributed by atoms with Gasteiger partial charge in [-0.25, -0.2) is 18.4 Å². The van der Waals surface area contributed by atoms with Gasteiger partial charge in [-0.05, 0) is 23.8 Å². The fraction of sp³-hybridized carbons (Fsp3) is 0. The van der Waals surface area contributed by atoms with Crippen LogP contribution < -0.4 is 11.1 Å². The van der Waals surface area contributed by atoms with Gasteiger partial charge in [0.2, 0.25) is 0 Å². The van der Waals surface area contributed by atoms with Crippen molar-refractivity contribution >= 4 is 28.3 Å². The molecular weight excluding hydrogens is 290 g/mol. The third kappa shape index (κ3) is 2.91. The molecule has 8 heteroatoms. The zero-order valence-corrected chi connectivity index (χ0v) is 10.6. The number of urea groups is 1. The monoisotopic (exact) mass is 298 g/mol. The minimum absolute atomic E-state index is 0.00432. The standard InChI is InChI=1S/C12H8F2N2O3S/c13-6-1-5(2-7(14)3-6)9-4-8(11(17)18)10(20-9)16-12(15)19/h1-4H,(H,17,18)(H3,15,16,19). The van der Waals surface area contributed by atoms with Gasteiger partial charge >= 0.3 is 12.0 Å². The average molecular weight is 298 g/mol. The summed E-state index contributed by atoms with van der Waals surface area (Å²) in [6, 6.07) is 3.12. The molecule has 0 bridgehead atoms. The molecule has 1 aromatic carbocycles. The van der Waals surface area contributed by atoms with E-state index >= 15 is 0 Å². The second kappa shape index (κ2) is 5.25. The van der Waals surface area contributed by atoms with Crippen molar-refractivity contribution in [2.45, 2.75) is 0 Å². The van der Waals surface area contributed by atoms with E-state index < -0.39 is 23.6 Å². The van der Waals surface area contributed by atoms with Crippen LogP contribution in [0.5, 0.6) is 0 Å². The number of carbonyl (C=O) groups excluding carboxylic acids is 1. The van der Waals surface area contributed by atoms with Crippen molar-refractivity contribution in [3.8, 4) is 10.4 Å². The molecule has 2 rings (SSSR count). The number of carboxylic acid groups (broad SMARTS) is 1. The Morgan fingerprint density at radius 1 is 1.15 bits per heavy atom. The molecule has 2 amide bonds. The third-order valence-electron chi connectivity index (χ3n) is 2.35. The van der Waals surface area contributed by atoms with E-state index in [4.69, 9.17) is 10.8 Å². The highest BCUT2D eigenvalue weighted by atomic mass is 32.1. The highest BCUT2D eigenvalue weighted by Gasteiger charge is 2.18. The molecule has 0 unspecified atom stereocenters. The van der Waals surface area contributed by atoms with Gasteiger partial charge in [-0.15, -0.1) is 11.3 Å². The normalized spacial score (nSPS) is 10.3. The molecule has 1 aromatic heterocycles. The molecule has 4 N–H and O–H groups in total. The zero-order chi connectivity index (χ0) is 14.9. The van der Waals surface area contributed by atoms with Crippen LogP contribution in [0, 0.1) is 11.6 Å². The zero-order valence-electron chi connectivity index (χ0n) is 9.81. The number of hydrogen-bond donors (Lipinski definition) is 3. The van der Waals surface area contributed by atoms with Gasteiger partial charge in [0, 0.05) is 10.9 Å². The van der Waals surface area contributed by atoms with Crippen molar-refractivity contribution in [3.63, 3.8) is 0 Å². The molecule has 0 radical (unpaired) electrons. The molecule has 104 valence electrons.